The second-order valence-electron chi connectivity index (χ2n) is 5.42. The van der Waals surface area contributed by atoms with Crippen LogP contribution >= 0.6 is 15.9 Å². The van der Waals surface area contributed by atoms with Crippen molar-refractivity contribution in [2.24, 2.45) is 0 Å². The zero-order chi connectivity index (χ0) is 19.1. The molecule has 10 heteroatoms. The Kier molecular flexibility index (Phi) is 6.84. The molecule has 138 valence electrons. The Morgan fingerprint density at radius 1 is 1.42 bits per heavy atom. The summed E-state index contributed by atoms with van der Waals surface area (Å²) in [6.45, 7) is 2.07. The monoisotopic (exact) mass is 424 g/mol. The Labute approximate surface area is 157 Å². The number of para-hydroxylation sites is 1. The molecule has 1 aromatic carbocycles. The Morgan fingerprint density at radius 3 is 2.77 bits per heavy atom. The van der Waals surface area contributed by atoms with Crippen molar-refractivity contribution < 1.29 is 19.2 Å². The molecule has 9 nitrogen and oxygen atoms in total. The average Bonchev–Trinajstić information content (AvgIpc) is 3.10. The molecule has 26 heavy (non-hydrogen) atoms. The van der Waals surface area contributed by atoms with Gasteiger partial charge in [-0.3, -0.25) is 14.9 Å². The minimum atomic E-state index is -0.844. The van der Waals surface area contributed by atoms with Gasteiger partial charge in [0.1, 0.15) is 17.6 Å². The van der Waals surface area contributed by atoms with Crippen molar-refractivity contribution in [3.8, 4) is 5.75 Å². The predicted molar refractivity (Wildman–Crippen MR) is 96.2 cm³/mol. The third kappa shape index (κ3) is 5.12. The number of aromatic amines is 1. The average molecular weight is 425 g/mol. The van der Waals surface area contributed by atoms with Gasteiger partial charge in [0.25, 0.3) is 0 Å². The van der Waals surface area contributed by atoms with Gasteiger partial charge in [-0.25, -0.2) is 4.98 Å². The van der Waals surface area contributed by atoms with Crippen molar-refractivity contribution in [3.05, 3.63) is 51.8 Å². The van der Waals surface area contributed by atoms with E-state index in [2.05, 4.69) is 31.2 Å². The third-order valence-corrected chi connectivity index (χ3v) is 4.10. The number of H-pyrrole nitrogens is 1. The number of nitrogens with one attached hydrogen (secondary N) is 2. The molecular formula is C16H17BrN4O5. The maximum Gasteiger partial charge on any atom is 0.432 e. The van der Waals surface area contributed by atoms with Gasteiger partial charge in [0, 0.05) is 6.42 Å². The van der Waals surface area contributed by atoms with Gasteiger partial charge in [-0.1, -0.05) is 39.1 Å². The van der Waals surface area contributed by atoms with Crippen LogP contribution in [0.3, 0.4) is 0 Å². The number of aryl methyl sites for hydroxylation is 1. The highest BCUT2D eigenvalue weighted by molar-refractivity contribution is 9.09. The predicted octanol–water partition coefficient (Wildman–Crippen LogP) is 2.22. The number of halogens is 1. The summed E-state index contributed by atoms with van der Waals surface area (Å²) >= 11 is 2.96. The number of carbonyl (C=O) groups is 2. The van der Waals surface area contributed by atoms with E-state index in [9.17, 15) is 19.7 Å². The number of imide groups is 1. The highest BCUT2D eigenvalue weighted by Gasteiger charge is 2.28. The van der Waals surface area contributed by atoms with Crippen LogP contribution in [0.5, 0.6) is 5.75 Å². The fourth-order valence-corrected chi connectivity index (χ4v) is 2.43. The molecule has 0 aliphatic heterocycles. The number of aromatic nitrogens is 2. The molecule has 0 radical (unpaired) electrons. The molecule has 0 fully saturated rings. The van der Waals surface area contributed by atoms with Crippen LogP contribution in [0.1, 0.15) is 23.6 Å². The van der Waals surface area contributed by atoms with Crippen LogP contribution in [0.25, 0.3) is 0 Å². The smallest absolute Gasteiger partial charge is 0.432 e. The largest absolute Gasteiger partial charge is 0.493 e. The molecule has 0 aliphatic carbocycles. The number of benzene rings is 1. The Bertz CT molecular complexity index is 807. The van der Waals surface area contributed by atoms with Crippen molar-refractivity contribution in [2.75, 3.05) is 11.9 Å². The molecule has 1 unspecified atom stereocenters. The molecule has 0 saturated carbocycles. The number of nitrogens with zero attached hydrogens (tertiary/aromatic N) is 2. The van der Waals surface area contributed by atoms with Gasteiger partial charge in [-0.2, -0.15) is 0 Å². The first kappa shape index (κ1) is 19.6. The summed E-state index contributed by atoms with van der Waals surface area (Å²) in [4.78, 5) is 40.1. The van der Waals surface area contributed by atoms with E-state index in [1.807, 2.05) is 25.1 Å². The molecule has 2 N–H and O–H groups in total. The van der Waals surface area contributed by atoms with E-state index in [0.29, 0.717) is 5.75 Å². The third-order valence-electron chi connectivity index (χ3n) is 3.59. The highest BCUT2D eigenvalue weighted by Crippen LogP contribution is 2.22. The molecular weight excluding hydrogens is 408 g/mol. The minimum Gasteiger partial charge on any atom is -0.493 e. The zero-order valence-electron chi connectivity index (χ0n) is 13.9. The van der Waals surface area contributed by atoms with Crippen molar-refractivity contribution in [1.82, 2.24) is 15.3 Å². The fourth-order valence-electron chi connectivity index (χ4n) is 2.29. The van der Waals surface area contributed by atoms with Crippen LogP contribution in [-0.4, -0.2) is 38.6 Å². The maximum atomic E-state index is 12.4. The lowest BCUT2D eigenvalue weighted by atomic mass is 10.0. The van der Waals surface area contributed by atoms with Gasteiger partial charge in [0.05, 0.1) is 17.9 Å². The number of rotatable bonds is 8. The van der Waals surface area contributed by atoms with Gasteiger partial charge < -0.3 is 14.9 Å². The molecule has 0 spiro atoms. The SMILES string of the molecule is Cc1ccccc1OCCC(C(=O)NC(=O)CBr)c1cnc([N+](=O)[O-])[nH]1. The summed E-state index contributed by atoms with van der Waals surface area (Å²) in [7, 11) is 0. The molecule has 0 saturated heterocycles. The van der Waals surface area contributed by atoms with E-state index >= 15 is 0 Å². The van der Waals surface area contributed by atoms with Gasteiger partial charge in [-0.15, -0.1) is 0 Å². The number of hydrogen-bond acceptors (Lipinski definition) is 6. The van der Waals surface area contributed by atoms with E-state index in [-0.39, 0.29) is 24.1 Å². The lowest BCUT2D eigenvalue weighted by molar-refractivity contribution is -0.393. The van der Waals surface area contributed by atoms with Crippen molar-refractivity contribution in [3.63, 3.8) is 0 Å². The number of carbonyl (C=O) groups excluding carboxylic acids is 2. The summed E-state index contributed by atoms with van der Waals surface area (Å²) in [5.41, 5.74) is 1.19. The summed E-state index contributed by atoms with van der Waals surface area (Å²) < 4.78 is 5.68. The summed E-state index contributed by atoms with van der Waals surface area (Å²) in [6, 6.07) is 7.42. The molecule has 2 rings (SSSR count). The van der Waals surface area contributed by atoms with Crippen LogP contribution in [0, 0.1) is 17.0 Å². The second-order valence-corrected chi connectivity index (χ2v) is 5.98. The van der Waals surface area contributed by atoms with Gasteiger partial charge in [-0.05, 0) is 23.5 Å². The van der Waals surface area contributed by atoms with Gasteiger partial charge in [0.15, 0.2) is 0 Å². The highest BCUT2D eigenvalue weighted by atomic mass is 79.9. The summed E-state index contributed by atoms with van der Waals surface area (Å²) in [5.74, 6) is -1.72. The lowest BCUT2D eigenvalue weighted by Crippen LogP contribution is -2.36. The number of imidazole rings is 1. The van der Waals surface area contributed by atoms with E-state index in [1.54, 1.807) is 6.07 Å². The topological polar surface area (TPSA) is 127 Å². The first-order valence-electron chi connectivity index (χ1n) is 7.69. The van der Waals surface area contributed by atoms with Crippen molar-refractivity contribution in [2.45, 2.75) is 19.3 Å². The van der Waals surface area contributed by atoms with Crippen LogP contribution in [0.4, 0.5) is 5.95 Å². The Balaban J connectivity index is 2.11. The first-order chi connectivity index (χ1) is 12.4. The van der Waals surface area contributed by atoms with Crippen molar-refractivity contribution >= 4 is 33.7 Å². The summed E-state index contributed by atoms with van der Waals surface area (Å²) in [5, 5.41) is 13.0. The number of amides is 2. The lowest BCUT2D eigenvalue weighted by Gasteiger charge is -2.14. The van der Waals surface area contributed by atoms with Gasteiger partial charge in [0.2, 0.25) is 11.8 Å². The number of hydrogen-bond donors (Lipinski definition) is 2. The van der Waals surface area contributed by atoms with Crippen molar-refractivity contribution in [1.29, 1.82) is 0 Å². The normalized spacial score (nSPS) is 11.6. The zero-order valence-corrected chi connectivity index (χ0v) is 15.5. The molecule has 2 aromatic rings. The van der Waals surface area contributed by atoms with Crippen LogP contribution in [-0.2, 0) is 9.59 Å². The number of alkyl halides is 1. The number of ether oxygens (including phenoxy) is 1. The Morgan fingerprint density at radius 2 is 2.15 bits per heavy atom. The first-order valence-corrected chi connectivity index (χ1v) is 8.82. The maximum absolute atomic E-state index is 12.4. The van der Waals surface area contributed by atoms with Crippen LogP contribution in [0.15, 0.2) is 30.5 Å². The van der Waals surface area contributed by atoms with Crippen LogP contribution < -0.4 is 10.1 Å². The van der Waals surface area contributed by atoms with E-state index < -0.39 is 28.6 Å². The summed E-state index contributed by atoms with van der Waals surface area (Å²) in [6.07, 6.45) is 1.42. The Hall–Kier alpha value is -2.75. The molecule has 1 atom stereocenters. The van der Waals surface area contributed by atoms with E-state index in [1.165, 1.54) is 6.20 Å². The number of nitro groups is 1. The fraction of sp³-hybridized carbons (Fsp3) is 0.312. The van der Waals surface area contributed by atoms with Gasteiger partial charge >= 0.3 is 5.95 Å². The van der Waals surface area contributed by atoms with E-state index in [0.717, 1.165) is 5.56 Å². The quantitative estimate of drug-likeness (QED) is 0.379. The standard InChI is InChI=1S/C16H17BrN4O5/c1-10-4-2-3-5-13(10)26-7-6-11(15(23)20-14(22)8-17)12-9-18-16(19-12)21(24)25/h2-5,9,11H,6-8H2,1H3,(H,18,19)(H,20,22,23). The second kappa shape index (κ2) is 9.09. The molecule has 1 heterocycles. The van der Waals surface area contributed by atoms with Crippen LogP contribution in [0.2, 0.25) is 0 Å². The van der Waals surface area contributed by atoms with E-state index in [4.69, 9.17) is 4.74 Å². The molecule has 2 amide bonds. The molecule has 1 aromatic heterocycles. The molecule has 0 aliphatic rings. The minimum absolute atomic E-state index is 0.0334. The molecule has 0 bridgehead atoms.